The molecule has 1 aliphatic rings. The van der Waals surface area contributed by atoms with Crippen molar-refractivity contribution >= 4 is 17.3 Å². The minimum atomic E-state index is -0.739. The van der Waals surface area contributed by atoms with Gasteiger partial charge in [0.2, 0.25) is 0 Å². The van der Waals surface area contributed by atoms with Gasteiger partial charge in [0.15, 0.2) is 0 Å². The number of hydrogen-bond donors (Lipinski definition) is 1. The van der Waals surface area contributed by atoms with E-state index in [0.717, 1.165) is 43.4 Å². The molecule has 1 aromatic rings. The molecule has 1 aliphatic heterocycles. The highest BCUT2D eigenvalue weighted by molar-refractivity contribution is 7.11. The maximum atomic E-state index is 10.6. The predicted molar refractivity (Wildman–Crippen MR) is 70.9 cm³/mol. The summed E-state index contributed by atoms with van der Waals surface area (Å²) < 4.78 is 0. The van der Waals surface area contributed by atoms with Crippen molar-refractivity contribution in [3.8, 4) is 0 Å². The number of rotatable bonds is 4. The van der Waals surface area contributed by atoms with Crippen LogP contribution in [0.3, 0.4) is 0 Å². The standard InChI is InChI=1S/C12H19N3O2S/c1-9-11(18-10(2)13-9)7-14-3-5-15(6-4-14)8-12(16)17/h3-8H2,1-2H3,(H,16,17). The molecule has 0 aromatic carbocycles. The van der Waals surface area contributed by atoms with Crippen LogP contribution in [-0.4, -0.2) is 58.6 Å². The molecule has 100 valence electrons. The van der Waals surface area contributed by atoms with Crippen LogP contribution in [0.2, 0.25) is 0 Å². The fourth-order valence-electron chi connectivity index (χ4n) is 2.22. The molecule has 1 saturated heterocycles. The quantitative estimate of drug-likeness (QED) is 0.882. The van der Waals surface area contributed by atoms with E-state index >= 15 is 0 Å². The van der Waals surface area contributed by atoms with Crippen molar-refractivity contribution in [3.05, 3.63) is 15.6 Å². The normalized spacial score (nSPS) is 18.1. The van der Waals surface area contributed by atoms with Gasteiger partial charge in [-0.15, -0.1) is 11.3 Å². The third-order valence-electron chi connectivity index (χ3n) is 3.19. The van der Waals surface area contributed by atoms with Crippen LogP contribution in [-0.2, 0) is 11.3 Å². The Morgan fingerprint density at radius 2 is 1.89 bits per heavy atom. The van der Waals surface area contributed by atoms with Crippen molar-refractivity contribution in [2.75, 3.05) is 32.7 Å². The number of nitrogens with zero attached hydrogens (tertiary/aromatic N) is 3. The monoisotopic (exact) mass is 269 g/mol. The van der Waals surface area contributed by atoms with Crippen LogP contribution in [0, 0.1) is 13.8 Å². The van der Waals surface area contributed by atoms with Crippen LogP contribution in [0.4, 0.5) is 0 Å². The number of carboxylic acid groups (broad SMARTS) is 1. The molecule has 1 aromatic heterocycles. The van der Waals surface area contributed by atoms with Crippen molar-refractivity contribution < 1.29 is 9.90 Å². The molecule has 6 heteroatoms. The number of piperazine rings is 1. The predicted octanol–water partition coefficient (Wildman–Crippen LogP) is 0.962. The largest absolute Gasteiger partial charge is 0.480 e. The Labute approximate surface area is 111 Å². The third kappa shape index (κ3) is 3.51. The Bertz CT molecular complexity index is 425. The van der Waals surface area contributed by atoms with Crippen molar-refractivity contribution in [1.82, 2.24) is 14.8 Å². The second-order valence-electron chi connectivity index (χ2n) is 4.69. The van der Waals surface area contributed by atoms with Gasteiger partial charge < -0.3 is 5.11 Å². The topological polar surface area (TPSA) is 56.7 Å². The zero-order valence-corrected chi connectivity index (χ0v) is 11.7. The molecule has 0 radical (unpaired) electrons. The summed E-state index contributed by atoms with van der Waals surface area (Å²) in [6.45, 7) is 8.73. The van der Waals surface area contributed by atoms with Gasteiger partial charge in [0, 0.05) is 37.6 Å². The van der Waals surface area contributed by atoms with E-state index in [-0.39, 0.29) is 6.54 Å². The van der Waals surface area contributed by atoms with E-state index in [0.29, 0.717) is 0 Å². The number of hydrogen-bond acceptors (Lipinski definition) is 5. The molecule has 0 aliphatic carbocycles. The Kier molecular flexibility index (Phi) is 4.31. The van der Waals surface area contributed by atoms with Gasteiger partial charge in [0.25, 0.3) is 0 Å². The van der Waals surface area contributed by atoms with E-state index in [4.69, 9.17) is 5.11 Å². The Hall–Kier alpha value is -0.980. The smallest absolute Gasteiger partial charge is 0.317 e. The van der Waals surface area contributed by atoms with Gasteiger partial charge in [0.05, 0.1) is 17.2 Å². The minimum absolute atomic E-state index is 0.159. The van der Waals surface area contributed by atoms with Crippen LogP contribution in [0.1, 0.15) is 15.6 Å². The first-order valence-electron chi connectivity index (χ1n) is 6.14. The van der Waals surface area contributed by atoms with Crippen molar-refractivity contribution in [2.45, 2.75) is 20.4 Å². The lowest BCUT2D eigenvalue weighted by atomic mass is 10.3. The van der Waals surface area contributed by atoms with Gasteiger partial charge in [-0.25, -0.2) is 4.98 Å². The van der Waals surface area contributed by atoms with Crippen LogP contribution in [0.25, 0.3) is 0 Å². The Balaban J connectivity index is 1.83. The lowest BCUT2D eigenvalue weighted by Crippen LogP contribution is -2.47. The zero-order valence-electron chi connectivity index (χ0n) is 10.8. The van der Waals surface area contributed by atoms with Crippen LogP contribution in [0.15, 0.2) is 0 Å². The number of aryl methyl sites for hydroxylation is 2. The fourth-order valence-corrected chi connectivity index (χ4v) is 3.20. The summed E-state index contributed by atoms with van der Waals surface area (Å²) in [5.74, 6) is -0.739. The molecular formula is C12H19N3O2S. The van der Waals surface area contributed by atoms with E-state index in [2.05, 4.69) is 16.8 Å². The van der Waals surface area contributed by atoms with Crippen molar-refractivity contribution in [3.63, 3.8) is 0 Å². The molecular weight excluding hydrogens is 250 g/mol. The number of thiazole rings is 1. The number of carboxylic acids is 1. The average Bonchev–Trinajstić information content (AvgIpc) is 2.59. The third-order valence-corrected chi connectivity index (χ3v) is 4.25. The molecule has 0 saturated carbocycles. The molecule has 1 fully saturated rings. The van der Waals surface area contributed by atoms with Crippen LogP contribution >= 0.6 is 11.3 Å². The van der Waals surface area contributed by atoms with Crippen LogP contribution < -0.4 is 0 Å². The van der Waals surface area contributed by atoms with Gasteiger partial charge in [-0.05, 0) is 13.8 Å². The average molecular weight is 269 g/mol. The summed E-state index contributed by atoms with van der Waals surface area (Å²) in [7, 11) is 0. The van der Waals surface area contributed by atoms with E-state index in [1.165, 1.54) is 4.88 Å². The molecule has 2 rings (SSSR count). The van der Waals surface area contributed by atoms with Gasteiger partial charge in [-0.1, -0.05) is 0 Å². The lowest BCUT2D eigenvalue weighted by molar-refractivity contribution is -0.138. The van der Waals surface area contributed by atoms with E-state index in [1.807, 2.05) is 11.8 Å². The zero-order chi connectivity index (χ0) is 13.1. The maximum absolute atomic E-state index is 10.6. The summed E-state index contributed by atoms with van der Waals surface area (Å²) >= 11 is 1.76. The summed E-state index contributed by atoms with van der Waals surface area (Å²) in [6, 6.07) is 0. The first-order valence-corrected chi connectivity index (χ1v) is 6.95. The summed E-state index contributed by atoms with van der Waals surface area (Å²) in [4.78, 5) is 20.8. The van der Waals surface area contributed by atoms with Crippen molar-refractivity contribution in [2.24, 2.45) is 0 Å². The number of aromatic nitrogens is 1. The summed E-state index contributed by atoms with van der Waals surface area (Å²) in [5.41, 5.74) is 1.13. The Morgan fingerprint density at radius 1 is 1.28 bits per heavy atom. The van der Waals surface area contributed by atoms with Crippen molar-refractivity contribution in [1.29, 1.82) is 0 Å². The van der Waals surface area contributed by atoms with E-state index in [1.54, 1.807) is 11.3 Å². The summed E-state index contributed by atoms with van der Waals surface area (Å²) in [6.07, 6.45) is 0. The highest BCUT2D eigenvalue weighted by Gasteiger charge is 2.19. The minimum Gasteiger partial charge on any atom is -0.480 e. The molecule has 0 amide bonds. The molecule has 1 N–H and O–H groups in total. The van der Waals surface area contributed by atoms with E-state index in [9.17, 15) is 4.79 Å². The maximum Gasteiger partial charge on any atom is 0.317 e. The first kappa shape index (κ1) is 13.5. The fraction of sp³-hybridized carbons (Fsp3) is 0.667. The highest BCUT2D eigenvalue weighted by atomic mass is 32.1. The molecule has 0 spiro atoms. The van der Waals surface area contributed by atoms with Gasteiger partial charge in [-0.3, -0.25) is 14.6 Å². The van der Waals surface area contributed by atoms with Gasteiger partial charge in [-0.2, -0.15) is 0 Å². The lowest BCUT2D eigenvalue weighted by Gasteiger charge is -2.33. The second kappa shape index (κ2) is 5.77. The molecule has 0 atom stereocenters. The van der Waals surface area contributed by atoms with Gasteiger partial charge >= 0.3 is 5.97 Å². The molecule has 0 unspecified atom stereocenters. The van der Waals surface area contributed by atoms with Gasteiger partial charge in [0.1, 0.15) is 0 Å². The first-order chi connectivity index (χ1) is 8.54. The molecule has 2 heterocycles. The highest BCUT2D eigenvalue weighted by Crippen LogP contribution is 2.19. The number of carbonyl (C=O) groups is 1. The number of aliphatic carboxylic acids is 1. The molecule has 0 bridgehead atoms. The SMILES string of the molecule is Cc1nc(C)c(CN2CCN(CC(=O)O)CC2)s1. The van der Waals surface area contributed by atoms with E-state index < -0.39 is 5.97 Å². The Morgan fingerprint density at radius 3 is 2.39 bits per heavy atom. The summed E-state index contributed by atoms with van der Waals surface area (Å²) in [5, 5.41) is 9.86. The molecule has 18 heavy (non-hydrogen) atoms. The van der Waals surface area contributed by atoms with Crippen LogP contribution in [0.5, 0.6) is 0 Å². The molecule has 5 nitrogen and oxygen atoms in total. The second-order valence-corrected chi connectivity index (χ2v) is 5.98.